The number of amides is 1. The zero-order chi connectivity index (χ0) is 13.1. The second-order valence-electron chi connectivity index (χ2n) is 4.48. The van der Waals surface area contributed by atoms with Crippen LogP contribution < -0.4 is 5.73 Å². The second kappa shape index (κ2) is 5.65. The maximum absolute atomic E-state index is 11.0. The van der Waals surface area contributed by atoms with E-state index in [0.717, 1.165) is 0 Å². The Balaban J connectivity index is 5.18. The molecule has 0 rings (SSSR count). The van der Waals surface area contributed by atoms with E-state index >= 15 is 0 Å². The number of hydrogen-bond donors (Lipinski definition) is 1. The first-order chi connectivity index (χ1) is 7.01. The third-order valence-corrected chi connectivity index (χ3v) is 3.12. The van der Waals surface area contributed by atoms with Gasteiger partial charge in [0.25, 0.3) is 0 Å². The van der Waals surface area contributed by atoms with Crippen molar-refractivity contribution in [1.82, 2.24) is 0 Å². The van der Waals surface area contributed by atoms with Gasteiger partial charge in [0.1, 0.15) is 5.60 Å². The van der Waals surface area contributed by atoms with Gasteiger partial charge in [0, 0.05) is 6.42 Å². The van der Waals surface area contributed by atoms with E-state index in [1.807, 2.05) is 27.7 Å². The summed E-state index contributed by atoms with van der Waals surface area (Å²) >= 11 is 17.4. The van der Waals surface area contributed by atoms with Crippen molar-refractivity contribution >= 4 is 40.9 Å². The predicted molar refractivity (Wildman–Crippen MR) is 68.0 cm³/mol. The van der Waals surface area contributed by atoms with E-state index in [-0.39, 0.29) is 18.3 Å². The molecule has 96 valence electrons. The van der Waals surface area contributed by atoms with Gasteiger partial charge >= 0.3 is 6.09 Å². The summed E-state index contributed by atoms with van der Waals surface area (Å²) in [5.41, 5.74) is 4.22. The largest absolute Gasteiger partial charge is 0.442 e. The Morgan fingerprint density at radius 2 is 1.56 bits per heavy atom. The summed E-state index contributed by atoms with van der Waals surface area (Å²) in [4.78, 5) is 11.0. The Morgan fingerprint density at radius 3 is 1.75 bits per heavy atom. The summed E-state index contributed by atoms with van der Waals surface area (Å²) in [5, 5.41) is 0. The van der Waals surface area contributed by atoms with E-state index in [1.54, 1.807) is 0 Å². The van der Waals surface area contributed by atoms with Gasteiger partial charge in [0.2, 0.25) is 0 Å². The average Bonchev–Trinajstić information content (AvgIpc) is 1.98. The van der Waals surface area contributed by atoms with Crippen LogP contribution in [-0.4, -0.2) is 15.5 Å². The Morgan fingerprint density at radius 1 is 1.19 bits per heavy atom. The highest BCUT2D eigenvalue weighted by Crippen LogP contribution is 2.44. The summed E-state index contributed by atoms with van der Waals surface area (Å²) in [6, 6.07) is 0. The number of ether oxygens (including phenoxy) is 1. The van der Waals surface area contributed by atoms with E-state index in [1.165, 1.54) is 0 Å². The standard InChI is InChI=1S/C10H18Cl3NO2/c1-6(2)9(7(3)4,16-8(14)15)5-10(11,12)13/h6-7H,5H2,1-4H3,(H2,14,15). The molecule has 0 unspecified atom stereocenters. The van der Waals surface area contributed by atoms with Crippen molar-refractivity contribution in [3.05, 3.63) is 0 Å². The van der Waals surface area contributed by atoms with E-state index in [2.05, 4.69) is 0 Å². The quantitative estimate of drug-likeness (QED) is 0.799. The van der Waals surface area contributed by atoms with Crippen molar-refractivity contribution in [2.24, 2.45) is 17.6 Å². The Labute approximate surface area is 112 Å². The molecule has 0 atom stereocenters. The maximum Gasteiger partial charge on any atom is 0.405 e. The van der Waals surface area contributed by atoms with Crippen LogP contribution in [0.4, 0.5) is 4.79 Å². The monoisotopic (exact) mass is 289 g/mol. The first kappa shape index (κ1) is 16.1. The lowest BCUT2D eigenvalue weighted by Gasteiger charge is -2.41. The van der Waals surface area contributed by atoms with Crippen molar-refractivity contribution in [2.75, 3.05) is 0 Å². The van der Waals surface area contributed by atoms with Crippen LogP contribution in [0.5, 0.6) is 0 Å². The summed E-state index contributed by atoms with van der Waals surface area (Å²) < 4.78 is 3.74. The summed E-state index contributed by atoms with van der Waals surface area (Å²) in [6.07, 6.45) is -0.736. The number of halogens is 3. The Hall–Kier alpha value is 0.140. The SMILES string of the molecule is CC(C)C(CC(Cl)(Cl)Cl)(OC(N)=O)C(C)C. The van der Waals surface area contributed by atoms with Gasteiger partial charge in [-0.25, -0.2) is 4.79 Å². The third kappa shape index (κ3) is 4.56. The van der Waals surface area contributed by atoms with Crippen LogP contribution in [-0.2, 0) is 4.74 Å². The van der Waals surface area contributed by atoms with E-state index in [9.17, 15) is 4.79 Å². The molecule has 0 bridgehead atoms. The molecule has 2 N–H and O–H groups in total. The first-order valence-corrected chi connectivity index (χ1v) is 6.20. The van der Waals surface area contributed by atoms with E-state index < -0.39 is 15.5 Å². The third-order valence-electron chi connectivity index (χ3n) is 2.72. The maximum atomic E-state index is 11.0. The Bertz CT molecular complexity index is 241. The average molecular weight is 291 g/mol. The molecule has 0 radical (unpaired) electrons. The number of hydrogen-bond acceptors (Lipinski definition) is 2. The molecule has 6 heteroatoms. The lowest BCUT2D eigenvalue weighted by molar-refractivity contribution is -0.0608. The van der Waals surface area contributed by atoms with Crippen LogP contribution in [0.2, 0.25) is 0 Å². The van der Waals surface area contributed by atoms with Crippen LogP contribution in [0.25, 0.3) is 0 Å². The molecule has 0 aromatic heterocycles. The molecule has 0 saturated heterocycles. The molecule has 1 amide bonds. The van der Waals surface area contributed by atoms with Crippen LogP contribution in [0.15, 0.2) is 0 Å². The highest BCUT2D eigenvalue weighted by atomic mass is 35.6. The molecule has 0 aliphatic heterocycles. The van der Waals surface area contributed by atoms with Gasteiger partial charge < -0.3 is 10.5 Å². The summed E-state index contributed by atoms with van der Waals surface area (Å²) in [7, 11) is 0. The molecule has 0 saturated carbocycles. The predicted octanol–water partition coefficient (Wildman–Crippen LogP) is 3.89. The molecule has 0 aromatic carbocycles. The fourth-order valence-corrected chi connectivity index (χ4v) is 2.47. The summed E-state index contributed by atoms with van der Waals surface area (Å²) in [5.74, 6) is -0.00810. The van der Waals surface area contributed by atoms with Crippen molar-refractivity contribution < 1.29 is 9.53 Å². The normalized spacial score (nSPS) is 13.3. The van der Waals surface area contributed by atoms with E-state index in [4.69, 9.17) is 45.3 Å². The molecule has 0 aliphatic carbocycles. The van der Waals surface area contributed by atoms with Gasteiger partial charge in [0.15, 0.2) is 3.79 Å². The minimum Gasteiger partial charge on any atom is -0.442 e. The zero-order valence-corrected chi connectivity index (χ0v) is 12.2. The van der Waals surface area contributed by atoms with Crippen molar-refractivity contribution in [3.63, 3.8) is 0 Å². The Kier molecular flexibility index (Phi) is 5.70. The molecule has 0 aromatic rings. The molecular formula is C10H18Cl3NO2. The number of carbonyl (C=O) groups is 1. The van der Waals surface area contributed by atoms with Crippen LogP contribution >= 0.6 is 34.8 Å². The van der Waals surface area contributed by atoms with Gasteiger partial charge in [-0.15, -0.1) is 0 Å². The number of carbonyl (C=O) groups excluding carboxylic acids is 1. The van der Waals surface area contributed by atoms with Crippen LogP contribution in [0.1, 0.15) is 34.1 Å². The second-order valence-corrected chi connectivity index (χ2v) is 6.99. The number of alkyl halides is 3. The van der Waals surface area contributed by atoms with Crippen molar-refractivity contribution in [3.8, 4) is 0 Å². The highest BCUT2D eigenvalue weighted by molar-refractivity contribution is 6.67. The minimum atomic E-state index is -1.48. The van der Waals surface area contributed by atoms with Gasteiger partial charge in [-0.3, -0.25) is 0 Å². The highest BCUT2D eigenvalue weighted by Gasteiger charge is 2.46. The van der Waals surface area contributed by atoms with Gasteiger partial charge in [-0.05, 0) is 11.8 Å². The molecular weight excluding hydrogens is 272 g/mol. The number of nitrogens with two attached hydrogens (primary N) is 1. The van der Waals surface area contributed by atoms with Crippen LogP contribution in [0.3, 0.4) is 0 Å². The lowest BCUT2D eigenvalue weighted by atomic mass is 9.78. The molecule has 0 fully saturated rings. The number of primary amides is 1. The minimum absolute atomic E-state index is 0.00405. The zero-order valence-electron chi connectivity index (χ0n) is 9.89. The topological polar surface area (TPSA) is 52.3 Å². The lowest BCUT2D eigenvalue weighted by Crippen LogP contribution is -2.49. The van der Waals surface area contributed by atoms with Gasteiger partial charge in [-0.2, -0.15) is 0 Å². The van der Waals surface area contributed by atoms with Crippen molar-refractivity contribution in [1.29, 1.82) is 0 Å². The van der Waals surface area contributed by atoms with Gasteiger partial charge in [0.05, 0.1) is 0 Å². The molecule has 0 spiro atoms. The number of rotatable bonds is 4. The van der Waals surface area contributed by atoms with Gasteiger partial charge in [-0.1, -0.05) is 62.5 Å². The van der Waals surface area contributed by atoms with Crippen molar-refractivity contribution in [2.45, 2.75) is 43.5 Å². The van der Waals surface area contributed by atoms with E-state index in [0.29, 0.717) is 0 Å². The van der Waals surface area contributed by atoms with Crippen LogP contribution in [0, 0.1) is 11.8 Å². The smallest absolute Gasteiger partial charge is 0.405 e. The molecule has 16 heavy (non-hydrogen) atoms. The fourth-order valence-electron chi connectivity index (χ4n) is 1.85. The fraction of sp³-hybridized carbons (Fsp3) is 0.900. The molecule has 0 heterocycles. The first-order valence-electron chi connectivity index (χ1n) is 5.06. The molecule has 3 nitrogen and oxygen atoms in total. The molecule has 0 aliphatic rings. The summed E-state index contributed by atoms with van der Waals surface area (Å²) in [6.45, 7) is 7.61.